The van der Waals surface area contributed by atoms with Gasteiger partial charge in [-0.15, -0.1) is 0 Å². The lowest BCUT2D eigenvalue weighted by atomic mass is 10.2. The molecule has 0 radical (unpaired) electrons. The molecule has 0 saturated carbocycles. The number of amides is 1. The summed E-state index contributed by atoms with van der Waals surface area (Å²) in [6.07, 6.45) is 1.67. The Balaban J connectivity index is 2.48. The van der Waals surface area contributed by atoms with Gasteiger partial charge < -0.3 is 5.32 Å². The molecule has 1 N–H and O–H groups in total. The largest absolute Gasteiger partial charge is 0.305 e. The molecule has 0 unspecified atom stereocenters. The second-order valence-corrected chi connectivity index (χ2v) is 3.97. The van der Waals surface area contributed by atoms with Crippen LogP contribution in [-0.2, 0) is 11.2 Å². The van der Waals surface area contributed by atoms with Gasteiger partial charge in [0.1, 0.15) is 0 Å². The van der Waals surface area contributed by atoms with Crippen LogP contribution in [0.15, 0.2) is 18.2 Å². The van der Waals surface area contributed by atoms with Crippen molar-refractivity contribution in [2.45, 2.75) is 13.3 Å². The lowest BCUT2D eigenvalue weighted by Gasteiger charge is -1.93. The Morgan fingerprint density at radius 3 is 3.14 bits per heavy atom. The Morgan fingerprint density at radius 2 is 2.43 bits per heavy atom. The number of carbonyl (C=O) groups is 1. The number of thiazole rings is 1. The first-order valence-corrected chi connectivity index (χ1v) is 5.25. The number of benzene rings is 1. The maximum Gasteiger partial charge on any atom is 0.213 e. The van der Waals surface area contributed by atoms with E-state index in [0.29, 0.717) is 11.5 Å². The fourth-order valence-corrected chi connectivity index (χ4v) is 2.19. The lowest BCUT2D eigenvalue weighted by Crippen LogP contribution is -1.91. The Bertz CT molecular complexity index is 464. The van der Waals surface area contributed by atoms with Crippen LogP contribution in [0.4, 0.5) is 5.13 Å². The molecule has 0 aliphatic carbocycles. The molecule has 1 aromatic carbocycles. The van der Waals surface area contributed by atoms with E-state index < -0.39 is 0 Å². The zero-order chi connectivity index (χ0) is 9.97. The number of hydrogen-bond acceptors (Lipinski definition) is 3. The highest BCUT2D eigenvalue weighted by Gasteiger charge is 2.02. The summed E-state index contributed by atoms with van der Waals surface area (Å²) in [5, 5.41) is 3.22. The molecular weight excluding hydrogens is 196 g/mol. The zero-order valence-corrected chi connectivity index (χ0v) is 8.60. The number of nitrogens with zero attached hydrogens (tertiary/aromatic N) is 1. The number of carbonyl (C=O) groups excluding carboxylic acids is 1. The molecule has 1 aromatic heterocycles. The molecule has 0 aliphatic heterocycles. The number of aryl methyl sites for hydroxylation is 1. The summed E-state index contributed by atoms with van der Waals surface area (Å²) in [6, 6.07) is 6.16. The quantitative estimate of drug-likeness (QED) is 0.784. The van der Waals surface area contributed by atoms with Crippen LogP contribution in [0.5, 0.6) is 0 Å². The van der Waals surface area contributed by atoms with Crippen molar-refractivity contribution in [2.75, 3.05) is 5.32 Å². The van der Waals surface area contributed by atoms with Gasteiger partial charge in [0.15, 0.2) is 5.13 Å². The minimum absolute atomic E-state index is 0.651. The number of rotatable bonds is 3. The van der Waals surface area contributed by atoms with Gasteiger partial charge in [0.2, 0.25) is 6.41 Å². The van der Waals surface area contributed by atoms with Crippen LogP contribution in [0, 0.1) is 0 Å². The zero-order valence-electron chi connectivity index (χ0n) is 7.78. The van der Waals surface area contributed by atoms with Crippen molar-refractivity contribution in [2.24, 2.45) is 0 Å². The van der Waals surface area contributed by atoms with E-state index in [4.69, 9.17) is 0 Å². The Hall–Kier alpha value is -1.42. The van der Waals surface area contributed by atoms with Crippen molar-refractivity contribution in [3.63, 3.8) is 0 Å². The van der Waals surface area contributed by atoms with Gasteiger partial charge in [-0.1, -0.05) is 24.3 Å². The molecule has 3 nitrogen and oxygen atoms in total. The third-order valence-corrected chi connectivity index (χ3v) is 2.99. The highest BCUT2D eigenvalue weighted by Crippen LogP contribution is 2.26. The molecule has 0 aliphatic rings. The number of fused-ring (bicyclic) bond motifs is 1. The van der Waals surface area contributed by atoms with E-state index in [1.54, 1.807) is 0 Å². The highest BCUT2D eigenvalue weighted by molar-refractivity contribution is 7.22. The molecule has 2 aromatic rings. The van der Waals surface area contributed by atoms with Gasteiger partial charge in [-0.25, -0.2) is 4.98 Å². The number of aromatic nitrogens is 1. The molecule has 0 spiro atoms. The van der Waals surface area contributed by atoms with Gasteiger partial charge in [-0.05, 0) is 24.1 Å². The third-order valence-electron chi connectivity index (χ3n) is 2.04. The standard InChI is InChI=1S/C10H10N2OS/c1-2-7-3-4-8-9(5-7)14-10(12-8)11-6-13/h3-6H,2H2,1H3,(H,11,12,13). The van der Waals surface area contributed by atoms with Crippen molar-refractivity contribution < 1.29 is 4.79 Å². The van der Waals surface area contributed by atoms with E-state index in [-0.39, 0.29) is 0 Å². The Morgan fingerprint density at radius 1 is 1.57 bits per heavy atom. The summed E-state index contributed by atoms with van der Waals surface area (Å²) >= 11 is 1.50. The van der Waals surface area contributed by atoms with Crippen molar-refractivity contribution in [1.82, 2.24) is 4.98 Å². The normalized spacial score (nSPS) is 10.4. The average molecular weight is 206 g/mol. The predicted octanol–water partition coefficient (Wildman–Crippen LogP) is 2.43. The molecule has 0 bridgehead atoms. The highest BCUT2D eigenvalue weighted by atomic mass is 32.1. The average Bonchev–Trinajstić information content (AvgIpc) is 2.59. The molecule has 0 saturated heterocycles. The van der Waals surface area contributed by atoms with Crippen molar-refractivity contribution in [3.05, 3.63) is 23.8 Å². The SMILES string of the molecule is CCc1ccc2nc(NC=O)sc2c1. The van der Waals surface area contributed by atoms with Gasteiger partial charge in [-0.2, -0.15) is 0 Å². The molecular formula is C10H10N2OS. The van der Waals surface area contributed by atoms with E-state index in [1.807, 2.05) is 6.07 Å². The smallest absolute Gasteiger partial charge is 0.213 e. The monoisotopic (exact) mass is 206 g/mol. The van der Waals surface area contributed by atoms with E-state index in [2.05, 4.69) is 29.4 Å². The van der Waals surface area contributed by atoms with E-state index >= 15 is 0 Å². The maximum absolute atomic E-state index is 10.2. The van der Waals surface area contributed by atoms with Crippen LogP contribution in [0.2, 0.25) is 0 Å². The van der Waals surface area contributed by atoms with Gasteiger partial charge in [0, 0.05) is 0 Å². The summed E-state index contributed by atoms with van der Waals surface area (Å²) in [7, 11) is 0. The van der Waals surface area contributed by atoms with Crippen LogP contribution < -0.4 is 5.32 Å². The molecule has 0 fully saturated rings. The molecule has 72 valence electrons. The third kappa shape index (κ3) is 1.61. The van der Waals surface area contributed by atoms with Crippen LogP contribution in [0.3, 0.4) is 0 Å². The molecule has 1 amide bonds. The minimum Gasteiger partial charge on any atom is -0.305 e. The molecule has 1 heterocycles. The molecule has 0 atom stereocenters. The summed E-state index contributed by atoms with van der Waals surface area (Å²) in [4.78, 5) is 14.5. The topological polar surface area (TPSA) is 42.0 Å². The molecule has 4 heteroatoms. The van der Waals surface area contributed by atoms with Crippen LogP contribution in [0.1, 0.15) is 12.5 Å². The summed E-state index contributed by atoms with van der Waals surface area (Å²) in [5.74, 6) is 0. The summed E-state index contributed by atoms with van der Waals surface area (Å²) in [6.45, 7) is 2.12. The number of anilines is 1. The minimum atomic E-state index is 0.651. The second-order valence-electron chi connectivity index (χ2n) is 2.94. The second kappa shape index (κ2) is 3.75. The van der Waals surface area contributed by atoms with Crippen LogP contribution >= 0.6 is 11.3 Å². The van der Waals surface area contributed by atoms with Gasteiger partial charge in [0.05, 0.1) is 10.2 Å². The first kappa shape index (κ1) is 9.15. The first-order chi connectivity index (χ1) is 6.83. The van der Waals surface area contributed by atoms with Crippen LogP contribution in [0.25, 0.3) is 10.2 Å². The van der Waals surface area contributed by atoms with E-state index in [9.17, 15) is 4.79 Å². The molecule has 2 rings (SSSR count). The van der Waals surface area contributed by atoms with E-state index in [1.165, 1.54) is 16.9 Å². The van der Waals surface area contributed by atoms with Crippen LogP contribution in [-0.4, -0.2) is 11.4 Å². The number of hydrogen-bond donors (Lipinski definition) is 1. The fourth-order valence-electron chi connectivity index (χ4n) is 1.30. The fraction of sp³-hybridized carbons (Fsp3) is 0.200. The van der Waals surface area contributed by atoms with Gasteiger partial charge >= 0.3 is 0 Å². The van der Waals surface area contributed by atoms with Crippen molar-refractivity contribution >= 4 is 33.1 Å². The van der Waals surface area contributed by atoms with Crippen molar-refractivity contribution in [1.29, 1.82) is 0 Å². The van der Waals surface area contributed by atoms with Gasteiger partial charge in [-0.3, -0.25) is 4.79 Å². The molecule has 14 heavy (non-hydrogen) atoms. The maximum atomic E-state index is 10.2. The Kier molecular flexibility index (Phi) is 2.45. The van der Waals surface area contributed by atoms with E-state index in [0.717, 1.165) is 16.6 Å². The van der Waals surface area contributed by atoms with Gasteiger partial charge in [0.25, 0.3) is 0 Å². The summed E-state index contributed by atoms with van der Waals surface area (Å²) in [5.41, 5.74) is 2.23. The summed E-state index contributed by atoms with van der Waals surface area (Å²) < 4.78 is 1.12. The van der Waals surface area contributed by atoms with Crippen molar-refractivity contribution in [3.8, 4) is 0 Å². The number of nitrogens with one attached hydrogen (secondary N) is 1. The lowest BCUT2D eigenvalue weighted by molar-refractivity contribution is -0.105. The first-order valence-electron chi connectivity index (χ1n) is 4.43. The predicted molar refractivity (Wildman–Crippen MR) is 58.7 cm³/mol. The Labute approximate surface area is 85.8 Å².